The highest BCUT2D eigenvalue weighted by molar-refractivity contribution is 6.76. The lowest BCUT2D eigenvalue weighted by Crippen LogP contribution is -2.43. The maximum atomic E-state index is 13.9. The molecule has 11 heteroatoms. The van der Waals surface area contributed by atoms with Crippen molar-refractivity contribution in [2.24, 2.45) is 5.92 Å². The summed E-state index contributed by atoms with van der Waals surface area (Å²) in [5.74, 6) is 1.91. The van der Waals surface area contributed by atoms with Gasteiger partial charge in [-0.2, -0.15) is 0 Å². The van der Waals surface area contributed by atoms with E-state index in [1.54, 1.807) is 13.3 Å². The van der Waals surface area contributed by atoms with Crippen LogP contribution in [0.25, 0.3) is 22.2 Å². The second-order valence-electron chi connectivity index (χ2n) is 13.4. The number of rotatable bonds is 13. The standard InChI is InChI=1S/C33H46N4O6Si/c1-21-29(32(38)35-23-8-10-24(11-9-23)36-33(39)40)30-31(37(21)20-42-16-17-44(3,4)5)26(14-15-34-30)27-18-25(41-2)12-13-28(27)43-19-22-6-7-22/h12-15,18,22-24,36H,6-11,16-17,19-20H2,1-5H3,(H,35,38)(H,39,40)/t23-,24+. The predicted octanol–water partition coefficient (Wildman–Crippen LogP) is 6.43. The molecule has 1 aromatic carbocycles. The Morgan fingerprint density at radius 1 is 1.02 bits per heavy atom. The van der Waals surface area contributed by atoms with Crippen LogP contribution < -0.4 is 20.1 Å². The molecule has 0 saturated heterocycles. The van der Waals surface area contributed by atoms with Crippen molar-refractivity contribution in [3.63, 3.8) is 0 Å². The molecule has 2 aliphatic carbocycles. The van der Waals surface area contributed by atoms with Gasteiger partial charge in [-0.05, 0) is 81.7 Å². The number of pyridine rings is 1. The van der Waals surface area contributed by atoms with Crippen LogP contribution in [0.5, 0.6) is 11.5 Å². The van der Waals surface area contributed by atoms with Gasteiger partial charge in [-0.1, -0.05) is 19.6 Å². The minimum absolute atomic E-state index is 0.0378. The summed E-state index contributed by atoms with van der Waals surface area (Å²) in [4.78, 5) is 29.7. The molecule has 0 aliphatic heterocycles. The first-order valence-corrected chi connectivity index (χ1v) is 19.4. The summed E-state index contributed by atoms with van der Waals surface area (Å²) in [6.07, 6.45) is 5.91. The fraction of sp³-hybridized carbons (Fsp3) is 0.545. The number of nitrogens with zero attached hydrogens (tertiary/aromatic N) is 2. The number of carboxylic acid groups (broad SMARTS) is 1. The molecule has 3 aromatic rings. The molecule has 2 aliphatic rings. The Kier molecular flexibility index (Phi) is 9.84. The summed E-state index contributed by atoms with van der Waals surface area (Å²) in [6, 6.07) is 8.74. The molecule has 0 spiro atoms. The zero-order valence-corrected chi connectivity index (χ0v) is 27.6. The summed E-state index contributed by atoms with van der Waals surface area (Å²) in [5.41, 5.74) is 4.54. The number of fused-ring (bicyclic) bond motifs is 1. The van der Waals surface area contributed by atoms with Gasteiger partial charge >= 0.3 is 6.09 Å². The van der Waals surface area contributed by atoms with Crippen molar-refractivity contribution in [1.29, 1.82) is 0 Å². The van der Waals surface area contributed by atoms with Crippen LogP contribution in [0.3, 0.4) is 0 Å². The van der Waals surface area contributed by atoms with Crippen molar-refractivity contribution in [1.82, 2.24) is 20.2 Å². The lowest BCUT2D eigenvalue weighted by atomic mass is 9.91. The zero-order valence-electron chi connectivity index (χ0n) is 26.6. The van der Waals surface area contributed by atoms with Crippen LogP contribution in [0, 0.1) is 12.8 Å². The van der Waals surface area contributed by atoms with Gasteiger partial charge in [0.05, 0.1) is 24.8 Å². The summed E-state index contributed by atoms with van der Waals surface area (Å²) >= 11 is 0. The zero-order chi connectivity index (χ0) is 31.4. The summed E-state index contributed by atoms with van der Waals surface area (Å²) < 4.78 is 20.2. The smallest absolute Gasteiger partial charge is 0.404 e. The molecular weight excluding hydrogens is 576 g/mol. The number of ether oxygens (including phenoxy) is 3. The topological polar surface area (TPSA) is 124 Å². The molecule has 0 radical (unpaired) electrons. The van der Waals surface area contributed by atoms with E-state index in [9.17, 15) is 9.59 Å². The molecule has 2 saturated carbocycles. The van der Waals surface area contributed by atoms with Gasteiger partial charge < -0.3 is 34.5 Å². The number of nitrogens with one attached hydrogen (secondary N) is 2. The molecule has 2 heterocycles. The van der Waals surface area contributed by atoms with E-state index in [-0.39, 0.29) is 18.0 Å². The van der Waals surface area contributed by atoms with E-state index in [1.807, 2.05) is 31.2 Å². The fourth-order valence-electron chi connectivity index (χ4n) is 5.85. The van der Waals surface area contributed by atoms with E-state index >= 15 is 0 Å². The summed E-state index contributed by atoms with van der Waals surface area (Å²) in [6.45, 7) is 10.6. The van der Waals surface area contributed by atoms with E-state index in [1.165, 1.54) is 12.8 Å². The van der Waals surface area contributed by atoms with E-state index in [0.717, 1.165) is 39.9 Å². The molecule has 44 heavy (non-hydrogen) atoms. The lowest BCUT2D eigenvalue weighted by molar-refractivity contribution is 0.0878. The molecule has 238 valence electrons. The van der Waals surface area contributed by atoms with Crippen molar-refractivity contribution in [2.75, 3.05) is 20.3 Å². The van der Waals surface area contributed by atoms with Crippen LogP contribution >= 0.6 is 0 Å². The first kappa shape index (κ1) is 31.8. The Morgan fingerprint density at radius 3 is 2.36 bits per heavy atom. The SMILES string of the molecule is COc1ccc(OCC2CC2)c(-c2ccnc3c(C(=O)N[C@H]4CC[C@@H](NC(=O)O)CC4)c(C)n(COCC[Si](C)(C)C)c23)c1. The van der Waals surface area contributed by atoms with Crippen LogP contribution in [0.15, 0.2) is 30.5 Å². The number of aromatic nitrogens is 2. The minimum Gasteiger partial charge on any atom is -0.497 e. The number of amides is 2. The third-order valence-electron chi connectivity index (χ3n) is 8.68. The average molecular weight is 623 g/mol. The van der Waals surface area contributed by atoms with Gasteiger partial charge in [0.25, 0.3) is 5.91 Å². The number of carbonyl (C=O) groups excluding carboxylic acids is 1. The second-order valence-corrected chi connectivity index (χ2v) is 19.0. The van der Waals surface area contributed by atoms with Crippen LogP contribution in [0.1, 0.15) is 54.6 Å². The van der Waals surface area contributed by atoms with Crippen LogP contribution in [-0.2, 0) is 11.5 Å². The highest BCUT2D eigenvalue weighted by Gasteiger charge is 2.29. The van der Waals surface area contributed by atoms with Gasteiger partial charge in [-0.25, -0.2) is 4.79 Å². The molecule has 2 fully saturated rings. The van der Waals surface area contributed by atoms with Crippen molar-refractivity contribution >= 4 is 31.1 Å². The largest absolute Gasteiger partial charge is 0.497 e. The van der Waals surface area contributed by atoms with Crippen molar-refractivity contribution in [3.05, 3.63) is 41.7 Å². The van der Waals surface area contributed by atoms with E-state index in [4.69, 9.17) is 24.3 Å². The molecule has 5 rings (SSSR count). The Bertz CT molecular complexity index is 1490. The number of hydrogen-bond acceptors (Lipinski definition) is 6. The lowest BCUT2D eigenvalue weighted by Gasteiger charge is -2.28. The summed E-state index contributed by atoms with van der Waals surface area (Å²) in [5, 5.41) is 14.9. The highest BCUT2D eigenvalue weighted by Crippen LogP contribution is 2.40. The normalized spacial score (nSPS) is 18.7. The first-order chi connectivity index (χ1) is 21.0. The van der Waals surface area contributed by atoms with Crippen LogP contribution in [0.2, 0.25) is 25.7 Å². The molecule has 2 aromatic heterocycles. The molecule has 2 amide bonds. The van der Waals surface area contributed by atoms with Gasteiger partial charge in [0, 0.05) is 49.8 Å². The van der Waals surface area contributed by atoms with Gasteiger partial charge in [0.2, 0.25) is 0 Å². The molecule has 0 unspecified atom stereocenters. The molecule has 0 atom stereocenters. The third-order valence-corrected chi connectivity index (χ3v) is 10.4. The Balaban J connectivity index is 1.51. The first-order valence-electron chi connectivity index (χ1n) is 15.7. The monoisotopic (exact) mass is 622 g/mol. The molecule has 3 N–H and O–H groups in total. The van der Waals surface area contributed by atoms with Gasteiger partial charge in [-0.3, -0.25) is 9.78 Å². The van der Waals surface area contributed by atoms with E-state index < -0.39 is 14.2 Å². The average Bonchev–Trinajstić information content (AvgIpc) is 3.76. The van der Waals surface area contributed by atoms with Crippen molar-refractivity contribution in [3.8, 4) is 22.6 Å². The number of carbonyl (C=O) groups is 2. The van der Waals surface area contributed by atoms with Gasteiger partial charge in [-0.15, -0.1) is 0 Å². The molecule has 0 bridgehead atoms. The predicted molar refractivity (Wildman–Crippen MR) is 173 cm³/mol. The van der Waals surface area contributed by atoms with E-state index in [2.05, 4.69) is 34.8 Å². The highest BCUT2D eigenvalue weighted by atomic mass is 28.3. The van der Waals surface area contributed by atoms with Crippen molar-refractivity contribution in [2.45, 2.75) is 89.9 Å². The van der Waals surface area contributed by atoms with E-state index in [0.29, 0.717) is 62.6 Å². The minimum atomic E-state index is -1.29. The molecule has 10 nitrogen and oxygen atoms in total. The van der Waals surface area contributed by atoms with Crippen LogP contribution in [-0.4, -0.2) is 67.1 Å². The number of benzene rings is 1. The Morgan fingerprint density at radius 2 is 1.73 bits per heavy atom. The second kappa shape index (κ2) is 13.6. The maximum absolute atomic E-state index is 13.9. The summed E-state index contributed by atoms with van der Waals surface area (Å²) in [7, 11) is 0.364. The van der Waals surface area contributed by atoms with Gasteiger partial charge in [0.15, 0.2) is 0 Å². The Hall–Kier alpha value is -3.57. The van der Waals surface area contributed by atoms with Gasteiger partial charge in [0.1, 0.15) is 23.7 Å². The van der Waals surface area contributed by atoms with Crippen molar-refractivity contribution < 1.29 is 28.9 Å². The number of methoxy groups -OCH3 is 1. The fourth-order valence-corrected chi connectivity index (χ4v) is 6.60. The Labute approximate surface area is 260 Å². The quantitative estimate of drug-likeness (QED) is 0.148. The van der Waals surface area contributed by atoms with Crippen LogP contribution in [0.4, 0.5) is 4.79 Å². The number of hydrogen-bond donors (Lipinski definition) is 3. The third kappa shape index (κ3) is 7.73. The maximum Gasteiger partial charge on any atom is 0.404 e. The molecular formula is C33H46N4O6Si.